The van der Waals surface area contributed by atoms with Gasteiger partial charge in [-0.25, -0.2) is 4.98 Å². The van der Waals surface area contributed by atoms with E-state index in [2.05, 4.69) is 15.4 Å². The number of amides is 1. The summed E-state index contributed by atoms with van der Waals surface area (Å²) in [5.74, 6) is 0.516. The maximum Gasteiger partial charge on any atom is 0.262 e. The molecule has 17 heavy (non-hydrogen) atoms. The first-order chi connectivity index (χ1) is 8.08. The van der Waals surface area contributed by atoms with E-state index < -0.39 is 0 Å². The van der Waals surface area contributed by atoms with Crippen LogP contribution in [0, 0.1) is 6.92 Å². The molecule has 0 fully saturated rings. The van der Waals surface area contributed by atoms with Crippen molar-refractivity contribution in [3.8, 4) is 0 Å². The number of nitrogens with one attached hydrogen (secondary N) is 1. The summed E-state index contributed by atoms with van der Waals surface area (Å²) >= 11 is 0. The number of carbonyl (C=O) groups excluding carboxylic acids is 1. The summed E-state index contributed by atoms with van der Waals surface area (Å²) in [5, 5.41) is 6.58. The van der Waals surface area contributed by atoms with Crippen molar-refractivity contribution in [1.29, 1.82) is 0 Å². The van der Waals surface area contributed by atoms with Gasteiger partial charge in [0.05, 0.1) is 6.20 Å². The van der Waals surface area contributed by atoms with Crippen LogP contribution >= 0.6 is 0 Å². The van der Waals surface area contributed by atoms with E-state index >= 15 is 0 Å². The number of hydrogen-bond donors (Lipinski definition) is 2. The molecule has 3 N–H and O–H groups in total. The first kappa shape index (κ1) is 11.1. The van der Waals surface area contributed by atoms with E-state index in [1.165, 1.54) is 10.9 Å². The second kappa shape index (κ2) is 4.25. The highest BCUT2D eigenvalue weighted by atomic mass is 16.1. The Kier molecular flexibility index (Phi) is 2.78. The van der Waals surface area contributed by atoms with Gasteiger partial charge in [-0.15, -0.1) is 0 Å². The van der Waals surface area contributed by atoms with Crippen molar-refractivity contribution in [2.75, 3.05) is 11.1 Å². The quantitative estimate of drug-likeness (QED) is 0.806. The number of aryl methyl sites for hydroxylation is 2. The number of carbonyl (C=O) groups is 1. The fourth-order valence-electron chi connectivity index (χ4n) is 1.41. The fraction of sp³-hybridized carbons (Fsp3) is 0.182. The van der Waals surface area contributed by atoms with Gasteiger partial charge in [0, 0.05) is 13.2 Å². The molecule has 0 saturated carbocycles. The smallest absolute Gasteiger partial charge is 0.262 e. The maximum atomic E-state index is 11.9. The Hall–Kier alpha value is -2.37. The van der Waals surface area contributed by atoms with E-state index in [-0.39, 0.29) is 5.91 Å². The summed E-state index contributed by atoms with van der Waals surface area (Å²) < 4.78 is 1.44. The molecule has 6 nitrogen and oxygen atoms in total. The lowest BCUT2D eigenvalue weighted by Gasteiger charge is -2.04. The molecule has 1 amide bonds. The molecular formula is C11H13N5O. The van der Waals surface area contributed by atoms with E-state index in [9.17, 15) is 4.79 Å². The van der Waals surface area contributed by atoms with Gasteiger partial charge in [0.25, 0.3) is 5.91 Å². The molecule has 0 saturated heterocycles. The minimum atomic E-state index is -0.311. The molecule has 0 aliphatic rings. The number of hydrogen-bond acceptors (Lipinski definition) is 4. The highest BCUT2D eigenvalue weighted by Gasteiger charge is 2.14. The molecule has 0 unspecified atom stereocenters. The number of aromatic nitrogens is 3. The van der Waals surface area contributed by atoms with Gasteiger partial charge in [0.1, 0.15) is 17.2 Å². The van der Waals surface area contributed by atoms with Crippen LogP contribution in [0.25, 0.3) is 0 Å². The topological polar surface area (TPSA) is 85.8 Å². The van der Waals surface area contributed by atoms with Gasteiger partial charge in [-0.3, -0.25) is 9.48 Å². The van der Waals surface area contributed by atoms with Crippen molar-refractivity contribution in [3.63, 3.8) is 0 Å². The van der Waals surface area contributed by atoms with Gasteiger partial charge in [0.15, 0.2) is 0 Å². The van der Waals surface area contributed by atoms with Crippen LogP contribution < -0.4 is 11.1 Å². The Balaban J connectivity index is 2.20. The predicted molar refractivity (Wildman–Crippen MR) is 64.5 cm³/mol. The SMILES string of the molecule is Cc1ccnc(NC(=O)c2cnn(C)c2N)c1. The van der Waals surface area contributed by atoms with Crippen molar-refractivity contribution < 1.29 is 4.79 Å². The molecule has 0 aliphatic carbocycles. The zero-order chi connectivity index (χ0) is 12.4. The van der Waals surface area contributed by atoms with Crippen LogP contribution in [0.15, 0.2) is 24.5 Å². The lowest BCUT2D eigenvalue weighted by Crippen LogP contribution is -2.14. The molecule has 2 aromatic heterocycles. The van der Waals surface area contributed by atoms with E-state index in [4.69, 9.17) is 5.73 Å². The van der Waals surface area contributed by atoms with E-state index in [0.717, 1.165) is 5.56 Å². The fourth-order valence-corrected chi connectivity index (χ4v) is 1.41. The van der Waals surface area contributed by atoms with Gasteiger partial charge in [-0.05, 0) is 24.6 Å². The van der Waals surface area contributed by atoms with Crippen LogP contribution in [0.5, 0.6) is 0 Å². The lowest BCUT2D eigenvalue weighted by molar-refractivity contribution is 0.102. The van der Waals surface area contributed by atoms with Gasteiger partial charge >= 0.3 is 0 Å². The average Bonchev–Trinajstić information content (AvgIpc) is 2.60. The summed E-state index contributed by atoms with van der Waals surface area (Å²) in [7, 11) is 1.68. The predicted octanol–water partition coefficient (Wildman–Crippen LogP) is 0.958. The van der Waals surface area contributed by atoms with Crippen LogP contribution in [-0.2, 0) is 7.05 Å². The number of pyridine rings is 1. The van der Waals surface area contributed by atoms with Gasteiger partial charge < -0.3 is 11.1 Å². The van der Waals surface area contributed by atoms with Crippen molar-refractivity contribution in [1.82, 2.24) is 14.8 Å². The molecule has 0 atom stereocenters. The minimum Gasteiger partial charge on any atom is -0.383 e. The van der Waals surface area contributed by atoms with Crippen molar-refractivity contribution in [3.05, 3.63) is 35.7 Å². The number of nitrogens with two attached hydrogens (primary N) is 1. The zero-order valence-electron chi connectivity index (χ0n) is 9.64. The Morgan fingerprint density at radius 1 is 1.53 bits per heavy atom. The molecule has 2 heterocycles. The maximum absolute atomic E-state index is 11.9. The second-order valence-electron chi connectivity index (χ2n) is 3.74. The highest BCUT2D eigenvalue weighted by Crippen LogP contribution is 2.12. The lowest BCUT2D eigenvalue weighted by atomic mass is 10.3. The minimum absolute atomic E-state index is 0.311. The Morgan fingerprint density at radius 3 is 2.88 bits per heavy atom. The van der Waals surface area contributed by atoms with Gasteiger partial charge in [-0.1, -0.05) is 0 Å². The summed E-state index contributed by atoms with van der Waals surface area (Å²) in [6, 6.07) is 3.64. The molecule has 2 rings (SSSR count). The molecule has 6 heteroatoms. The molecule has 0 radical (unpaired) electrons. The second-order valence-corrected chi connectivity index (χ2v) is 3.74. The van der Waals surface area contributed by atoms with E-state index in [1.807, 2.05) is 13.0 Å². The first-order valence-electron chi connectivity index (χ1n) is 5.09. The van der Waals surface area contributed by atoms with Crippen molar-refractivity contribution in [2.24, 2.45) is 7.05 Å². The van der Waals surface area contributed by atoms with Crippen LogP contribution in [0.3, 0.4) is 0 Å². The monoisotopic (exact) mass is 231 g/mol. The van der Waals surface area contributed by atoms with Crippen LogP contribution in [-0.4, -0.2) is 20.7 Å². The molecule has 0 spiro atoms. The summed E-state index contributed by atoms with van der Waals surface area (Å²) in [6.45, 7) is 1.93. The molecule has 88 valence electrons. The largest absolute Gasteiger partial charge is 0.383 e. The Labute approximate surface area is 98.5 Å². The summed E-state index contributed by atoms with van der Waals surface area (Å²) in [4.78, 5) is 15.9. The van der Waals surface area contributed by atoms with Gasteiger partial charge in [-0.2, -0.15) is 5.10 Å². The van der Waals surface area contributed by atoms with E-state index in [0.29, 0.717) is 17.2 Å². The number of nitrogen functional groups attached to an aromatic ring is 1. The summed E-state index contributed by atoms with van der Waals surface area (Å²) in [6.07, 6.45) is 3.07. The zero-order valence-corrected chi connectivity index (χ0v) is 9.64. The van der Waals surface area contributed by atoms with Crippen LogP contribution in [0.1, 0.15) is 15.9 Å². The Morgan fingerprint density at radius 2 is 2.29 bits per heavy atom. The Bertz CT molecular complexity index is 561. The molecular weight excluding hydrogens is 218 g/mol. The third-order valence-corrected chi connectivity index (χ3v) is 2.39. The normalized spacial score (nSPS) is 10.2. The molecule has 0 bridgehead atoms. The number of nitrogens with zero attached hydrogens (tertiary/aromatic N) is 3. The van der Waals surface area contributed by atoms with Crippen LogP contribution in [0.2, 0.25) is 0 Å². The average molecular weight is 231 g/mol. The standard InChI is InChI=1S/C11H13N5O/c1-7-3-4-13-9(5-7)15-11(17)8-6-14-16(2)10(8)12/h3-6H,12H2,1-2H3,(H,13,15,17). The number of rotatable bonds is 2. The van der Waals surface area contributed by atoms with Crippen LogP contribution in [0.4, 0.5) is 11.6 Å². The number of anilines is 2. The van der Waals surface area contributed by atoms with Gasteiger partial charge in [0.2, 0.25) is 0 Å². The third-order valence-electron chi connectivity index (χ3n) is 2.39. The highest BCUT2D eigenvalue weighted by molar-refractivity contribution is 6.06. The van der Waals surface area contributed by atoms with E-state index in [1.54, 1.807) is 19.3 Å². The summed E-state index contributed by atoms with van der Waals surface area (Å²) in [5.41, 5.74) is 7.07. The van der Waals surface area contributed by atoms with Crippen molar-refractivity contribution in [2.45, 2.75) is 6.92 Å². The molecule has 2 aromatic rings. The third kappa shape index (κ3) is 2.25. The molecule has 0 aromatic carbocycles. The molecule has 0 aliphatic heterocycles. The van der Waals surface area contributed by atoms with Crippen molar-refractivity contribution >= 4 is 17.5 Å². The first-order valence-corrected chi connectivity index (χ1v) is 5.09.